The van der Waals surface area contributed by atoms with E-state index in [2.05, 4.69) is 19.2 Å². The first-order chi connectivity index (χ1) is 17.1. The van der Waals surface area contributed by atoms with Gasteiger partial charge in [-0.2, -0.15) is 0 Å². The number of dihydropyridines is 1. The second-order valence-electron chi connectivity index (χ2n) is 10.00. The number of ketones is 1. The van der Waals surface area contributed by atoms with E-state index in [9.17, 15) is 14.4 Å². The second kappa shape index (κ2) is 10.0. The Morgan fingerprint density at radius 3 is 2.44 bits per heavy atom. The molecule has 2 aromatic carbocycles. The molecule has 0 saturated heterocycles. The summed E-state index contributed by atoms with van der Waals surface area (Å²) in [6, 6.07) is 14.5. The smallest absolute Gasteiger partial charge is 0.337 e. The Hall–Kier alpha value is -3.87. The van der Waals surface area contributed by atoms with Gasteiger partial charge in [0.25, 0.3) is 0 Å². The van der Waals surface area contributed by atoms with Crippen LogP contribution in [0.4, 0.5) is 0 Å². The zero-order valence-corrected chi connectivity index (χ0v) is 21.3. The first-order valence-corrected chi connectivity index (χ1v) is 11.9. The highest BCUT2D eigenvalue weighted by Crippen LogP contribution is 2.48. The molecular formula is C29H31NO6. The number of ether oxygens (including phenoxy) is 3. The standard InChI is InChI=1S/C29H31NO6/c1-17-25(28(33)35-16-19-9-7-6-8-10-19)26(27-21(30-17)14-29(3,4)15-22(27)32)20-11-12-23(36-18(2)31)24(13-20)34-5/h6-13,26,30H,14-16H2,1-5H3. The van der Waals surface area contributed by atoms with Crippen molar-refractivity contribution in [3.8, 4) is 11.5 Å². The molecule has 2 aliphatic rings. The summed E-state index contributed by atoms with van der Waals surface area (Å²) in [6.07, 6.45) is 1.05. The highest BCUT2D eigenvalue weighted by Gasteiger charge is 2.43. The summed E-state index contributed by atoms with van der Waals surface area (Å²) in [4.78, 5) is 38.5. The van der Waals surface area contributed by atoms with Gasteiger partial charge in [0.15, 0.2) is 17.3 Å². The van der Waals surface area contributed by atoms with Crippen molar-refractivity contribution < 1.29 is 28.6 Å². The monoisotopic (exact) mass is 489 g/mol. The summed E-state index contributed by atoms with van der Waals surface area (Å²) in [5, 5.41) is 3.34. The molecular weight excluding hydrogens is 458 g/mol. The van der Waals surface area contributed by atoms with Crippen LogP contribution in [0.2, 0.25) is 0 Å². The van der Waals surface area contributed by atoms with Gasteiger partial charge in [-0.25, -0.2) is 4.79 Å². The number of methoxy groups -OCH3 is 1. The first kappa shape index (κ1) is 25.2. The molecule has 7 heteroatoms. The zero-order valence-electron chi connectivity index (χ0n) is 21.3. The van der Waals surface area contributed by atoms with Gasteiger partial charge in [-0.15, -0.1) is 0 Å². The largest absolute Gasteiger partial charge is 0.493 e. The highest BCUT2D eigenvalue weighted by atomic mass is 16.6. The molecule has 1 heterocycles. The van der Waals surface area contributed by atoms with Gasteiger partial charge in [0.1, 0.15) is 6.61 Å². The Bertz CT molecular complexity index is 1270. The van der Waals surface area contributed by atoms with Gasteiger partial charge in [0.05, 0.1) is 12.7 Å². The Labute approximate surface area is 211 Å². The molecule has 0 spiro atoms. The predicted octanol–water partition coefficient (Wildman–Crippen LogP) is 4.97. The molecule has 0 aromatic heterocycles. The van der Waals surface area contributed by atoms with Crippen LogP contribution in [0.5, 0.6) is 11.5 Å². The lowest BCUT2D eigenvalue weighted by Gasteiger charge is -2.39. The molecule has 0 radical (unpaired) electrons. The van der Waals surface area contributed by atoms with Gasteiger partial charge in [-0.1, -0.05) is 50.2 Å². The van der Waals surface area contributed by atoms with Crippen molar-refractivity contribution in [2.45, 2.75) is 53.1 Å². The maximum atomic E-state index is 13.5. The molecule has 1 atom stereocenters. The van der Waals surface area contributed by atoms with Crippen molar-refractivity contribution in [3.63, 3.8) is 0 Å². The minimum atomic E-state index is -0.645. The van der Waals surface area contributed by atoms with E-state index in [-0.39, 0.29) is 23.6 Å². The Kier molecular flexibility index (Phi) is 7.02. The van der Waals surface area contributed by atoms with Gasteiger partial charge in [0, 0.05) is 36.2 Å². The number of carbonyl (C=O) groups is 3. The third kappa shape index (κ3) is 5.20. The lowest BCUT2D eigenvalue weighted by molar-refractivity contribution is -0.140. The average molecular weight is 490 g/mol. The second-order valence-corrected chi connectivity index (χ2v) is 10.00. The highest BCUT2D eigenvalue weighted by molar-refractivity contribution is 6.04. The maximum Gasteiger partial charge on any atom is 0.337 e. The van der Waals surface area contributed by atoms with Gasteiger partial charge in [-0.05, 0) is 42.0 Å². The summed E-state index contributed by atoms with van der Waals surface area (Å²) in [7, 11) is 1.48. The third-order valence-electron chi connectivity index (χ3n) is 6.45. The van der Waals surface area contributed by atoms with Crippen LogP contribution in [0.1, 0.15) is 57.6 Å². The molecule has 0 saturated carbocycles. The van der Waals surface area contributed by atoms with Crippen LogP contribution in [0.15, 0.2) is 71.1 Å². The SMILES string of the molecule is COc1cc(C2C(C(=O)OCc3ccccc3)=C(C)NC3=C2C(=O)CC(C)(C)C3)ccc1OC(C)=O. The number of hydrogen-bond acceptors (Lipinski definition) is 7. The molecule has 7 nitrogen and oxygen atoms in total. The Morgan fingerprint density at radius 1 is 1.06 bits per heavy atom. The van der Waals surface area contributed by atoms with E-state index in [4.69, 9.17) is 14.2 Å². The topological polar surface area (TPSA) is 90.9 Å². The lowest BCUT2D eigenvalue weighted by Crippen LogP contribution is -2.38. The van der Waals surface area contributed by atoms with Crippen LogP contribution >= 0.6 is 0 Å². The van der Waals surface area contributed by atoms with Crippen molar-refractivity contribution in [3.05, 3.63) is 82.2 Å². The fourth-order valence-corrected chi connectivity index (χ4v) is 4.94. The average Bonchev–Trinajstić information content (AvgIpc) is 2.81. The Morgan fingerprint density at radius 2 is 1.78 bits per heavy atom. The van der Waals surface area contributed by atoms with E-state index in [1.54, 1.807) is 18.2 Å². The van der Waals surface area contributed by atoms with E-state index in [0.717, 1.165) is 11.3 Å². The van der Waals surface area contributed by atoms with Crippen molar-refractivity contribution in [1.29, 1.82) is 0 Å². The van der Waals surface area contributed by atoms with E-state index in [1.807, 2.05) is 37.3 Å². The lowest BCUT2D eigenvalue weighted by atomic mass is 9.68. The maximum absolute atomic E-state index is 13.5. The molecule has 2 aromatic rings. The molecule has 0 bridgehead atoms. The van der Waals surface area contributed by atoms with E-state index < -0.39 is 17.9 Å². The molecule has 188 valence electrons. The van der Waals surface area contributed by atoms with Crippen LogP contribution in [0.3, 0.4) is 0 Å². The number of Topliss-reactive ketones (excluding diaryl/α,β-unsaturated/α-hetero) is 1. The van der Waals surface area contributed by atoms with Crippen LogP contribution in [0, 0.1) is 5.41 Å². The van der Waals surface area contributed by atoms with Crippen molar-refractivity contribution in [2.24, 2.45) is 5.41 Å². The molecule has 1 unspecified atom stereocenters. The summed E-state index contributed by atoms with van der Waals surface area (Å²) in [5.41, 5.74) is 3.75. The summed E-state index contributed by atoms with van der Waals surface area (Å²) in [5.74, 6) is -1.03. The molecule has 1 aliphatic heterocycles. The molecule has 0 amide bonds. The number of benzene rings is 2. The number of hydrogen-bond donors (Lipinski definition) is 1. The zero-order chi connectivity index (χ0) is 26.0. The quantitative estimate of drug-likeness (QED) is 0.453. The van der Waals surface area contributed by atoms with Crippen molar-refractivity contribution in [1.82, 2.24) is 5.32 Å². The van der Waals surface area contributed by atoms with Crippen LogP contribution in [-0.2, 0) is 25.7 Å². The van der Waals surface area contributed by atoms with Crippen molar-refractivity contribution >= 4 is 17.7 Å². The third-order valence-corrected chi connectivity index (χ3v) is 6.45. The fraction of sp³-hybridized carbons (Fsp3) is 0.345. The predicted molar refractivity (Wildman–Crippen MR) is 134 cm³/mol. The molecule has 4 rings (SSSR count). The number of esters is 2. The van der Waals surface area contributed by atoms with Crippen LogP contribution in [0.25, 0.3) is 0 Å². The number of carbonyl (C=O) groups excluding carboxylic acids is 3. The fourth-order valence-electron chi connectivity index (χ4n) is 4.94. The van der Waals surface area contributed by atoms with Crippen LogP contribution in [-0.4, -0.2) is 24.8 Å². The summed E-state index contributed by atoms with van der Waals surface area (Å²) < 4.78 is 16.4. The van der Waals surface area contributed by atoms with E-state index in [0.29, 0.717) is 41.0 Å². The molecule has 36 heavy (non-hydrogen) atoms. The van der Waals surface area contributed by atoms with Gasteiger partial charge < -0.3 is 19.5 Å². The Balaban J connectivity index is 1.78. The van der Waals surface area contributed by atoms with E-state index in [1.165, 1.54) is 14.0 Å². The summed E-state index contributed by atoms with van der Waals surface area (Å²) >= 11 is 0. The minimum absolute atomic E-state index is 0.0114. The van der Waals surface area contributed by atoms with Crippen LogP contribution < -0.4 is 14.8 Å². The van der Waals surface area contributed by atoms with Gasteiger partial charge in [0.2, 0.25) is 0 Å². The van der Waals surface area contributed by atoms with E-state index >= 15 is 0 Å². The van der Waals surface area contributed by atoms with Gasteiger partial charge in [-0.3, -0.25) is 9.59 Å². The molecule has 1 N–H and O–H groups in total. The summed E-state index contributed by atoms with van der Waals surface area (Å²) in [6.45, 7) is 7.37. The minimum Gasteiger partial charge on any atom is -0.493 e. The number of rotatable bonds is 6. The molecule has 0 fully saturated rings. The normalized spacial score (nSPS) is 18.8. The first-order valence-electron chi connectivity index (χ1n) is 11.9. The number of nitrogens with one attached hydrogen (secondary N) is 1. The van der Waals surface area contributed by atoms with Gasteiger partial charge >= 0.3 is 11.9 Å². The number of allylic oxidation sites excluding steroid dienone is 3. The molecule has 1 aliphatic carbocycles. The van der Waals surface area contributed by atoms with Crippen molar-refractivity contribution in [2.75, 3.05) is 7.11 Å².